The summed E-state index contributed by atoms with van der Waals surface area (Å²) in [6.07, 6.45) is 8.18. The molecule has 0 spiro atoms. The lowest BCUT2D eigenvalue weighted by atomic mass is 10.1. The van der Waals surface area contributed by atoms with Gasteiger partial charge in [0.05, 0.1) is 6.61 Å². The largest absolute Gasteiger partial charge is 0.305 e. The Morgan fingerprint density at radius 2 is 1.92 bits per heavy atom. The summed E-state index contributed by atoms with van der Waals surface area (Å²) in [6.45, 7) is 0.663. The van der Waals surface area contributed by atoms with Crippen LogP contribution in [-0.2, 0) is 11.3 Å². The van der Waals surface area contributed by atoms with Gasteiger partial charge in [-0.15, -0.1) is 0 Å². The summed E-state index contributed by atoms with van der Waals surface area (Å²) in [5, 5.41) is 0. The molecule has 1 aromatic heterocycles. The van der Waals surface area contributed by atoms with Gasteiger partial charge in [0.2, 0.25) is 0 Å². The molecule has 3 heteroatoms. The normalized spacial score (nSPS) is 10.2. The lowest BCUT2D eigenvalue weighted by Gasteiger charge is -2.00. The SMILES string of the molecule is NOCCCCCc1ccncc1. The van der Waals surface area contributed by atoms with Crippen LogP contribution in [0.15, 0.2) is 24.5 Å². The van der Waals surface area contributed by atoms with E-state index in [2.05, 4.69) is 22.0 Å². The maximum absolute atomic E-state index is 4.91. The molecular formula is C10H16N2O. The summed E-state index contributed by atoms with van der Waals surface area (Å²) in [7, 11) is 0. The first-order valence-corrected chi connectivity index (χ1v) is 4.64. The number of rotatable bonds is 6. The van der Waals surface area contributed by atoms with E-state index in [0.717, 1.165) is 12.8 Å². The molecular weight excluding hydrogens is 164 g/mol. The van der Waals surface area contributed by atoms with E-state index in [-0.39, 0.29) is 0 Å². The molecule has 1 heterocycles. The smallest absolute Gasteiger partial charge is 0.0679 e. The van der Waals surface area contributed by atoms with Gasteiger partial charge in [0.25, 0.3) is 0 Å². The average molecular weight is 180 g/mol. The van der Waals surface area contributed by atoms with Crippen LogP contribution in [0.25, 0.3) is 0 Å². The molecule has 3 nitrogen and oxygen atoms in total. The fourth-order valence-electron chi connectivity index (χ4n) is 1.24. The second-order valence-electron chi connectivity index (χ2n) is 3.04. The summed E-state index contributed by atoms with van der Waals surface area (Å²) < 4.78 is 0. The second kappa shape index (κ2) is 6.57. The van der Waals surface area contributed by atoms with Gasteiger partial charge in [0.15, 0.2) is 0 Å². The molecule has 2 N–H and O–H groups in total. The highest BCUT2D eigenvalue weighted by molar-refractivity contribution is 5.09. The molecule has 0 radical (unpaired) electrons. The molecule has 0 aliphatic rings. The fraction of sp³-hybridized carbons (Fsp3) is 0.500. The van der Waals surface area contributed by atoms with Gasteiger partial charge >= 0.3 is 0 Å². The van der Waals surface area contributed by atoms with E-state index < -0.39 is 0 Å². The van der Waals surface area contributed by atoms with Gasteiger partial charge in [-0.3, -0.25) is 4.98 Å². The fourth-order valence-corrected chi connectivity index (χ4v) is 1.24. The van der Waals surface area contributed by atoms with E-state index >= 15 is 0 Å². The van der Waals surface area contributed by atoms with Crippen molar-refractivity contribution in [2.24, 2.45) is 5.90 Å². The molecule has 0 aliphatic heterocycles. The van der Waals surface area contributed by atoms with Gasteiger partial charge in [-0.05, 0) is 37.0 Å². The molecule has 0 aromatic carbocycles. The van der Waals surface area contributed by atoms with Crippen LogP contribution >= 0.6 is 0 Å². The zero-order valence-corrected chi connectivity index (χ0v) is 7.78. The van der Waals surface area contributed by atoms with Crippen molar-refractivity contribution in [1.82, 2.24) is 4.98 Å². The quantitative estimate of drug-likeness (QED) is 0.535. The minimum atomic E-state index is 0.663. The first-order chi connectivity index (χ1) is 6.43. The third kappa shape index (κ3) is 4.60. The highest BCUT2D eigenvalue weighted by atomic mass is 16.6. The highest BCUT2D eigenvalue weighted by Crippen LogP contribution is 2.04. The first-order valence-electron chi connectivity index (χ1n) is 4.64. The van der Waals surface area contributed by atoms with Crippen LogP contribution in [0.1, 0.15) is 24.8 Å². The number of pyridine rings is 1. The number of hydrogen-bond acceptors (Lipinski definition) is 3. The van der Waals surface area contributed by atoms with Crippen LogP contribution in [0.2, 0.25) is 0 Å². The van der Waals surface area contributed by atoms with Crippen LogP contribution in [0.4, 0.5) is 0 Å². The van der Waals surface area contributed by atoms with Crippen LogP contribution in [-0.4, -0.2) is 11.6 Å². The molecule has 0 unspecified atom stereocenters. The maximum Gasteiger partial charge on any atom is 0.0679 e. The van der Waals surface area contributed by atoms with E-state index in [9.17, 15) is 0 Å². The van der Waals surface area contributed by atoms with Crippen molar-refractivity contribution < 1.29 is 4.84 Å². The Labute approximate surface area is 78.9 Å². The Kier molecular flexibility index (Phi) is 5.13. The Bertz CT molecular complexity index is 213. The zero-order valence-electron chi connectivity index (χ0n) is 7.78. The molecule has 0 aliphatic carbocycles. The van der Waals surface area contributed by atoms with Crippen LogP contribution in [0.5, 0.6) is 0 Å². The molecule has 72 valence electrons. The molecule has 1 rings (SSSR count). The number of nitrogens with zero attached hydrogens (tertiary/aromatic N) is 1. The second-order valence-corrected chi connectivity index (χ2v) is 3.04. The lowest BCUT2D eigenvalue weighted by Crippen LogP contribution is -2.00. The number of hydrogen-bond donors (Lipinski definition) is 1. The van der Waals surface area contributed by atoms with Gasteiger partial charge in [0, 0.05) is 12.4 Å². The Hall–Kier alpha value is -0.930. The zero-order chi connectivity index (χ0) is 9.36. The lowest BCUT2D eigenvalue weighted by molar-refractivity contribution is 0.133. The third-order valence-electron chi connectivity index (χ3n) is 1.98. The van der Waals surface area contributed by atoms with Crippen molar-refractivity contribution >= 4 is 0 Å². The average Bonchev–Trinajstić information content (AvgIpc) is 2.19. The van der Waals surface area contributed by atoms with Gasteiger partial charge in [-0.1, -0.05) is 6.42 Å². The van der Waals surface area contributed by atoms with E-state index in [4.69, 9.17) is 5.90 Å². The Morgan fingerprint density at radius 3 is 2.62 bits per heavy atom. The Morgan fingerprint density at radius 1 is 1.15 bits per heavy atom. The van der Waals surface area contributed by atoms with E-state index in [1.54, 1.807) is 0 Å². The molecule has 1 aromatic rings. The highest BCUT2D eigenvalue weighted by Gasteiger charge is 1.92. The molecule has 0 atom stereocenters. The van der Waals surface area contributed by atoms with E-state index in [0.29, 0.717) is 6.61 Å². The maximum atomic E-state index is 4.91. The number of nitrogens with two attached hydrogens (primary N) is 1. The predicted octanol–water partition coefficient (Wildman–Crippen LogP) is 1.68. The molecule has 0 fully saturated rings. The molecule has 0 saturated carbocycles. The van der Waals surface area contributed by atoms with Crippen molar-refractivity contribution in [3.63, 3.8) is 0 Å². The molecule has 0 amide bonds. The summed E-state index contributed by atoms with van der Waals surface area (Å²) in [5.74, 6) is 4.91. The summed E-state index contributed by atoms with van der Waals surface area (Å²) in [6, 6.07) is 4.11. The van der Waals surface area contributed by atoms with Crippen molar-refractivity contribution in [1.29, 1.82) is 0 Å². The van der Waals surface area contributed by atoms with Crippen molar-refractivity contribution in [3.8, 4) is 0 Å². The number of unbranched alkanes of at least 4 members (excludes halogenated alkanes) is 2. The van der Waals surface area contributed by atoms with E-state index in [1.807, 2.05) is 12.4 Å². The van der Waals surface area contributed by atoms with Crippen molar-refractivity contribution in [2.75, 3.05) is 6.61 Å². The van der Waals surface area contributed by atoms with Gasteiger partial charge in [-0.2, -0.15) is 0 Å². The summed E-state index contributed by atoms with van der Waals surface area (Å²) >= 11 is 0. The van der Waals surface area contributed by atoms with Crippen LogP contribution < -0.4 is 5.90 Å². The van der Waals surface area contributed by atoms with Gasteiger partial charge in [0.1, 0.15) is 0 Å². The Balaban J connectivity index is 2.07. The summed E-state index contributed by atoms with van der Waals surface area (Å²) in [4.78, 5) is 8.45. The number of aryl methyl sites for hydroxylation is 1. The van der Waals surface area contributed by atoms with Gasteiger partial charge in [-0.25, -0.2) is 5.90 Å². The molecule has 0 bridgehead atoms. The number of aromatic nitrogens is 1. The van der Waals surface area contributed by atoms with Crippen molar-refractivity contribution in [3.05, 3.63) is 30.1 Å². The third-order valence-corrected chi connectivity index (χ3v) is 1.98. The monoisotopic (exact) mass is 180 g/mol. The van der Waals surface area contributed by atoms with Crippen molar-refractivity contribution in [2.45, 2.75) is 25.7 Å². The first kappa shape index (κ1) is 10.2. The van der Waals surface area contributed by atoms with Gasteiger partial charge < -0.3 is 4.84 Å². The predicted molar refractivity (Wildman–Crippen MR) is 51.9 cm³/mol. The topological polar surface area (TPSA) is 48.1 Å². The standard InChI is InChI=1S/C10H16N2O/c11-13-9-3-1-2-4-10-5-7-12-8-6-10/h5-8H,1-4,9,11H2. The summed E-state index contributed by atoms with van der Waals surface area (Å²) in [5.41, 5.74) is 1.35. The van der Waals surface area contributed by atoms with E-state index in [1.165, 1.54) is 18.4 Å². The minimum absolute atomic E-state index is 0.663. The van der Waals surface area contributed by atoms with Crippen LogP contribution in [0.3, 0.4) is 0 Å². The minimum Gasteiger partial charge on any atom is -0.305 e. The van der Waals surface area contributed by atoms with Crippen LogP contribution in [0, 0.1) is 0 Å². The molecule has 13 heavy (non-hydrogen) atoms. The molecule has 0 saturated heterocycles.